The Morgan fingerprint density at radius 1 is 1.37 bits per heavy atom. The molecule has 0 saturated carbocycles. The Kier molecular flexibility index (Phi) is 4.54. The highest BCUT2D eigenvalue weighted by atomic mass is 19.1. The summed E-state index contributed by atoms with van der Waals surface area (Å²) in [5.74, 6) is -0.254. The Morgan fingerprint density at radius 3 is 2.89 bits per heavy atom. The smallest absolute Gasteiger partial charge is 0.492 e. The van der Waals surface area contributed by atoms with Gasteiger partial charge in [-0.2, -0.15) is 0 Å². The number of nitrogens with zero attached hydrogens (tertiary/aromatic N) is 2. The Balaban J connectivity index is 1.88. The van der Waals surface area contributed by atoms with Crippen LogP contribution in [-0.2, 0) is 6.54 Å². The van der Waals surface area contributed by atoms with Crippen molar-refractivity contribution in [1.82, 2.24) is 9.55 Å². The molecule has 2 N–H and O–H groups in total. The highest BCUT2D eigenvalue weighted by Crippen LogP contribution is 2.10. The van der Waals surface area contributed by atoms with Crippen LogP contribution < -0.4 is 10.2 Å². The van der Waals surface area contributed by atoms with Crippen molar-refractivity contribution >= 4 is 12.6 Å². The normalized spacial score (nSPS) is 10.5. The molecule has 1 aromatic heterocycles. The van der Waals surface area contributed by atoms with Gasteiger partial charge in [0, 0.05) is 24.4 Å². The maximum Gasteiger partial charge on any atom is 0.492 e. The minimum absolute atomic E-state index is 0.0302. The summed E-state index contributed by atoms with van der Waals surface area (Å²) in [4.78, 5) is 3.92. The lowest BCUT2D eigenvalue weighted by Crippen LogP contribution is -2.32. The summed E-state index contributed by atoms with van der Waals surface area (Å²) in [6.45, 7) is 1.14. The lowest BCUT2D eigenvalue weighted by molar-refractivity contribution is 0.302. The minimum atomic E-state index is -1.75. The standard InChI is InChI=1S/C12H14BFN2O3/c14-10-2-3-12(11(8-10)13(17)18)19-7-1-5-16-6-4-15-9-16/h2-4,6,8-9,17-18H,1,5,7H2. The van der Waals surface area contributed by atoms with Crippen LogP contribution in [-0.4, -0.2) is 33.3 Å². The third-order valence-electron chi connectivity index (χ3n) is 2.63. The van der Waals surface area contributed by atoms with Crippen LogP contribution in [0.15, 0.2) is 36.9 Å². The fraction of sp³-hybridized carbons (Fsp3) is 0.250. The minimum Gasteiger partial charge on any atom is -0.494 e. The van der Waals surface area contributed by atoms with Gasteiger partial charge in [0.1, 0.15) is 11.6 Å². The topological polar surface area (TPSA) is 67.5 Å². The van der Waals surface area contributed by atoms with Crippen LogP contribution >= 0.6 is 0 Å². The third-order valence-corrected chi connectivity index (χ3v) is 2.63. The molecule has 19 heavy (non-hydrogen) atoms. The molecule has 0 aliphatic carbocycles. The SMILES string of the molecule is OB(O)c1cc(F)ccc1OCCCn1ccnc1. The van der Waals surface area contributed by atoms with E-state index in [1.165, 1.54) is 12.1 Å². The summed E-state index contributed by atoms with van der Waals surface area (Å²) < 4.78 is 20.3. The molecule has 0 spiro atoms. The molecular formula is C12H14BFN2O3. The molecular weight excluding hydrogens is 250 g/mol. The molecule has 5 nitrogen and oxygen atoms in total. The van der Waals surface area contributed by atoms with E-state index < -0.39 is 12.9 Å². The number of imidazole rings is 1. The quantitative estimate of drug-likeness (QED) is 0.576. The van der Waals surface area contributed by atoms with E-state index in [1.807, 2.05) is 10.8 Å². The maximum absolute atomic E-state index is 13.0. The molecule has 100 valence electrons. The average molecular weight is 264 g/mol. The first-order valence-corrected chi connectivity index (χ1v) is 5.91. The van der Waals surface area contributed by atoms with Crippen molar-refractivity contribution in [2.75, 3.05) is 6.61 Å². The van der Waals surface area contributed by atoms with Crippen molar-refractivity contribution in [3.8, 4) is 5.75 Å². The van der Waals surface area contributed by atoms with Crippen molar-refractivity contribution < 1.29 is 19.2 Å². The van der Waals surface area contributed by atoms with Gasteiger partial charge in [-0.3, -0.25) is 0 Å². The molecule has 0 aliphatic rings. The number of hydrogen-bond donors (Lipinski definition) is 2. The van der Waals surface area contributed by atoms with Gasteiger partial charge < -0.3 is 19.4 Å². The first kappa shape index (κ1) is 13.6. The second kappa shape index (κ2) is 6.35. The van der Waals surface area contributed by atoms with E-state index in [0.29, 0.717) is 6.61 Å². The van der Waals surface area contributed by atoms with Crippen LogP contribution in [0.25, 0.3) is 0 Å². The van der Waals surface area contributed by atoms with Crippen molar-refractivity contribution in [2.45, 2.75) is 13.0 Å². The van der Waals surface area contributed by atoms with Gasteiger partial charge in [-0.25, -0.2) is 9.37 Å². The highest BCUT2D eigenvalue weighted by molar-refractivity contribution is 6.59. The van der Waals surface area contributed by atoms with Gasteiger partial charge >= 0.3 is 7.12 Å². The van der Waals surface area contributed by atoms with E-state index in [1.54, 1.807) is 12.5 Å². The summed E-state index contributed by atoms with van der Waals surface area (Å²) >= 11 is 0. The van der Waals surface area contributed by atoms with Crippen molar-refractivity contribution in [2.24, 2.45) is 0 Å². The van der Waals surface area contributed by atoms with Gasteiger partial charge in [0.05, 0.1) is 12.9 Å². The van der Waals surface area contributed by atoms with Gasteiger partial charge in [0.15, 0.2) is 0 Å². The predicted octanol–water partition coefficient (Wildman–Crippen LogP) is 0.171. The highest BCUT2D eigenvalue weighted by Gasteiger charge is 2.17. The van der Waals surface area contributed by atoms with Crippen LogP contribution in [0.1, 0.15) is 6.42 Å². The van der Waals surface area contributed by atoms with Gasteiger partial charge in [-0.15, -0.1) is 0 Å². The van der Waals surface area contributed by atoms with Gasteiger partial charge in [-0.1, -0.05) is 0 Å². The van der Waals surface area contributed by atoms with Crippen molar-refractivity contribution in [3.05, 3.63) is 42.7 Å². The summed E-state index contributed by atoms with van der Waals surface area (Å²) in [7, 11) is -1.75. The molecule has 0 bridgehead atoms. The summed E-state index contributed by atoms with van der Waals surface area (Å²) in [5.41, 5.74) is 0.0302. The monoisotopic (exact) mass is 264 g/mol. The first-order chi connectivity index (χ1) is 9.16. The molecule has 0 unspecified atom stereocenters. The lowest BCUT2D eigenvalue weighted by atomic mass is 9.79. The molecule has 7 heteroatoms. The number of aromatic nitrogens is 2. The van der Waals surface area contributed by atoms with Crippen molar-refractivity contribution in [1.29, 1.82) is 0 Å². The third kappa shape index (κ3) is 3.80. The number of halogens is 1. The van der Waals surface area contributed by atoms with E-state index in [4.69, 9.17) is 14.8 Å². The number of ether oxygens (including phenoxy) is 1. The molecule has 0 aliphatic heterocycles. The summed E-state index contributed by atoms with van der Waals surface area (Å²) in [6.07, 6.45) is 5.98. The number of hydrogen-bond acceptors (Lipinski definition) is 4. The van der Waals surface area contributed by atoms with E-state index in [-0.39, 0.29) is 11.2 Å². The number of aryl methyl sites for hydroxylation is 1. The largest absolute Gasteiger partial charge is 0.494 e. The van der Waals surface area contributed by atoms with E-state index in [0.717, 1.165) is 19.0 Å². The molecule has 0 radical (unpaired) electrons. The molecule has 2 aromatic rings. The fourth-order valence-corrected chi connectivity index (χ4v) is 1.70. The van der Waals surface area contributed by atoms with Crippen LogP contribution in [0.3, 0.4) is 0 Å². The second-order valence-electron chi connectivity index (χ2n) is 4.06. The van der Waals surface area contributed by atoms with Crippen LogP contribution in [0.4, 0.5) is 4.39 Å². The number of rotatable bonds is 6. The Morgan fingerprint density at radius 2 is 2.21 bits per heavy atom. The Bertz CT molecular complexity index is 520. The Labute approximate surface area is 110 Å². The van der Waals surface area contributed by atoms with E-state index in [2.05, 4.69) is 4.98 Å². The molecule has 1 heterocycles. The summed E-state index contributed by atoms with van der Waals surface area (Å²) in [5, 5.41) is 18.3. The van der Waals surface area contributed by atoms with Crippen LogP contribution in [0.5, 0.6) is 5.75 Å². The molecule has 0 fully saturated rings. The first-order valence-electron chi connectivity index (χ1n) is 5.91. The number of benzene rings is 1. The van der Waals surface area contributed by atoms with Crippen LogP contribution in [0.2, 0.25) is 0 Å². The zero-order chi connectivity index (χ0) is 13.7. The van der Waals surface area contributed by atoms with Gasteiger partial charge in [-0.05, 0) is 24.6 Å². The maximum atomic E-state index is 13.0. The molecule has 1 aromatic carbocycles. The zero-order valence-corrected chi connectivity index (χ0v) is 10.2. The van der Waals surface area contributed by atoms with Crippen molar-refractivity contribution in [3.63, 3.8) is 0 Å². The average Bonchev–Trinajstić information content (AvgIpc) is 2.89. The van der Waals surface area contributed by atoms with Crippen LogP contribution in [0, 0.1) is 5.82 Å². The predicted molar refractivity (Wildman–Crippen MR) is 68.6 cm³/mol. The molecule has 2 rings (SSSR count). The molecule has 0 amide bonds. The van der Waals surface area contributed by atoms with E-state index in [9.17, 15) is 4.39 Å². The zero-order valence-electron chi connectivity index (χ0n) is 10.2. The lowest BCUT2D eigenvalue weighted by Gasteiger charge is -2.11. The molecule has 0 saturated heterocycles. The fourth-order valence-electron chi connectivity index (χ4n) is 1.70. The van der Waals surface area contributed by atoms with E-state index >= 15 is 0 Å². The Hall–Kier alpha value is -1.86. The van der Waals surface area contributed by atoms with Gasteiger partial charge in [0.2, 0.25) is 0 Å². The van der Waals surface area contributed by atoms with Gasteiger partial charge in [0.25, 0.3) is 0 Å². The summed E-state index contributed by atoms with van der Waals surface area (Å²) in [6, 6.07) is 3.66. The molecule has 0 atom stereocenters. The second-order valence-corrected chi connectivity index (χ2v) is 4.06.